The number of para-hydroxylation sites is 1. The first-order valence-electron chi connectivity index (χ1n) is 9.24. The highest BCUT2D eigenvalue weighted by Gasteiger charge is 2.22. The van der Waals surface area contributed by atoms with Gasteiger partial charge in [-0.3, -0.25) is 4.79 Å². The fraction of sp³-hybridized carbons (Fsp3) is 0.0909. The fourth-order valence-electron chi connectivity index (χ4n) is 3.48. The zero-order valence-corrected chi connectivity index (χ0v) is 15.6. The molecule has 29 heavy (non-hydrogen) atoms. The van der Waals surface area contributed by atoms with E-state index in [0.29, 0.717) is 39.3 Å². The Morgan fingerprint density at radius 3 is 2.66 bits per heavy atom. The van der Waals surface area contributed by atoms with Gasteiger partial charge in [0.1, 0.15) is 23.2 Å². The average molecular weight is 383 g/mol. The quantitative estimate of drug-likeness (QED) is 0.480. The minimum absolute atomic E-state index is 0.0608. The summed E-state index contributed by atoms with van der Waals surface area (Å²) in [6, 6.07) is 16.5. The molecule has 0 amide bonds. The number of aromatic amines is 1. The van der Waals surface area contributed by atoms with Crippen LogP contribution < -0.4 is 10.7 Å². The average Bonchev–Trinajstić information content (AvgIpc) is 3.24. The van der Waals surface area contributed by atoms with Gasteiger partial charge in [0.25, 0.3) is 0 Å². The Morgan fingerprint density at radius 2 is 1.79 bits per heavy atom. The summed E-state index contributed by atoms with van der Waals surface area (Å²) >= 11 is 0. The maximum absolute atomic E-state index is 13.3. The third-order valence-electron chi connectivity index (χ3n) is 4.85. The molecule has 0 saturated carbocycles. The molecule has 5 aromatic rings. The van der Waals surface area contributed by atoms with Crippen molar-refractivity contribution >= 4 is 28.0 Å². The molecule has 3 heterocycles. The highest BCUT2D eigenvalue weighted by Crippen LogP contribution is 2.31. The van der Waals surface area contributed by atoms with Crippen molar-refractivity contribution in [2.24, 2.45) is 0 Å². The molecule has 7 heteroatoms. The summed E-state index contributed by atoms with van der Waals surface area (Å²) < 4.78 is 6.22. The lowest BCUT2D eigenvalue weighted by atomic mass is 9.99. The van der Waals surface area contributed by atoms with Crippen LogP contribution in [0, 0.1) is 0 Å². The molecule has 0 aliphatic carbocycles. The number of fused-ring (bicyclic) bond motifs is 2. The standard InChI is InChI=1S/C22H17N5O2/c1-13(27-22-18-21(24-11-23-18)25-12-26-22)20-17(14-7-3-2-4-8-14)19(28)15-9-5-6-10-16(15)29-20/h2-13H,1H3,(H2,23,24,25,26,27). The number of H-pyrrole nitrogens is 1. The molecule has 0 fully saturated rings. The zero-order chi connectivity index (χ0) is 19.8. The SMILES string of the molecule is CC(Nc1ncnc2[nH]cnc12)c1oc2ccccc2c(=O)c1-c1ccccc1. The van der Waals surface area contributed by atoms with Gasteiger partial charge in [0.05, 0.1) is 23.3 Å². The summed E-state index contributed by atoms with van der Waals surface area (Å²) in [7, 11) is 0. The highest BCUT2D eigenvalue weighted by atomic mass is 16.3. The second kappa shape index (κ2) is 6.87. The number of rotatable bonds is 4. The molecule has 3 aromatic heterocycles. The maximum atomic E-state index is 13.3. The summed E-state index contributed by atoms with van der Waals surface area (Å²) in [4.78, 5) is 29.1. The first kappa shape index (κ1) is 17.1. The molecule has 0 bridgehead atoms. The molecule has 2 aromatic carbocycles. The summed E-state index contributed by atoms with van der Waals surface area (Å²) in [5.41, 5.74) is 3.10. The van der Waals surface area contributed by atoms with Crippen LogP contribution >= 0.6 is 0 Å². The molecule has 1 atom stereocenters. The van der Waals surface area contributed by atoms with E-state index in [1.165, 1.54) is 6.33 Å². The van der Waals surface area contributed by atoms with Crippen LogP contribution in [0.15, 0.2) is 76.5 Å². The van der Waals surface area contributed by atoms with E-state index in [1.807, 2.05) is 49.4 Å². The third-order valence-corrected chi connectivity index (χ3v) is 4.85. The Labute approximate surface area is 165 Å². The molecular formula is C22H17N5O2. The van der Waals surface area contributed by atoms with E-state index < -0.39 is 0 Å². The van der Waals surface area contributed by atoms with Crippen LogP contribution in [0.4, 0.5) is 5.82 Å². The Kier molecular flexibility index (Phi) is 4.05. The molecule has 5 rings (SSSR count). The minimum Gasteiger partial charge on any atom is -0.458 e. The molecule has 0 saturated heterocycles. The molecule has 142 valence electrons. The predicted molar refractivity (Wildman–Crippen MR) is 112 cm³/mol. The van der Waals surface area contributed by atoms with Crippen molar-refractivity contribution in [1.82, 2.24) is 19.9 Å². The zero-order valence-electron chi connectivity index (χ0n) is 15.6. The van der Waals surface area contributed by atoms with Gasteiger partial charge in [0.15, 0.2) is 11.5 Å². The van der Waals surface area contributed by atoms with Gasteiger partial charge >= 0.3 is 0 Å². The smallest absolute Gasteiger partial charge is 0.200 e. The van der Waals surface area contributed by atoms with Crippen molar-refractivity contribution < 1.29 is 4.42 Å². The van der Waals surface area contributed by atoms with Crippen molar-refractivity contribution in [1.29, 1.82) is 0 Å². The van der Waals surface area contributed by atoms with Gasteiger partial charge in [-0.15, -0.1) is 0 Å². The second-order valence-corrected chi connectivity index (χ2v) is 6.72. The second-order valence-electron chi connectivity index (χ2n) is 6.72. The van der Waals surface area contributed by atoms with E-state index in [1.54, 1.807) is 18.5 Å². The van der Waals surface area contributed by atoms with Gasteiger partial charge < -0.3 is 14.7 Å². The molecule has 0 aliphatic rings. The van der Waals surface area contributed by atoms with Crippen molar-refractivity contribution in [2.45, 2.75) is 13.0 Å². The van der Waals surface area contributed by atoms with Gasteiger partial charge in [-0.1, -0.05) is 42.5 Å². The molecular weight excluding hydrogens is 366 g/mol. The Bertz CT molecular complexity index is 1370. The van der Waals surface area contributed by atoms with Crippen LogP contribution in [0.3, 0.4) is 0 Å². The van der Waals surface area contributed by atoms with E-state index in [2.05, 4.69) is 25.3 Å². The number of benzene rings is 2. The Hall–Kier alpha value is -4.00. The van der Waals surface area contributed by atoms with Crippen LogP contribution in [-0.4, -0.2) is 19.9 Å². The summed E-state index contributed by atoms with van der Waals surface area (Å²) in [5.74, 6) is 1.11. The maximum Gasteiger partial charge on any atom is 0.200 e. The Morgan fingerprint density at radius 1 is 1.00 bits per heavy atom. The number of aromatic nitrogens is 4. The van der Waals surface area contributed by atoms with Gasteiger partial charge in [0, 0.05) is 0 Å². The van der Waals surface area contributed by atoms with Gasteiger partial charge in [0.2, 0.25) is 5.43 Å². The number of imidazole rings is 1. The molecule has 0 radical (unpaired) electrons. The minimum atomic E-state index is -0.336. The van der Waals surface area contributed by atoms with E-state index in [9.17, 15) is 4.79 Å². The Balaban J connectivity index is 1.69. The van der Waals surface area contributed by atoms with Crippen LogP contribution in [0.2, 0.25) is 0 Å². The van der Waals surface area contributed by atoms with Gasteiger partial charge in [-0.25, -0.2) is 15.0 Å². The van der Waals surface area contributed by atoms with Crippen molar-refractivity contribution in [3.63, 3.8) is 0 Å². The third kappa shape index (κ3) is 2.93. The highest BCUT2D eigenvalue weighted by molar-refractivity contribution is 5.84. The van der Waals surface area contributed by atoms with Crippen LogP contribution in [0.5, 0.6) is 0 Å². The summed E-state index contributed by atoms with van der Waals surface area (Å²) in [5, 5.41) is 3.88. The molecule has 2 N–H and O–H groups in total. The first-order chi connectivity index (χ1) is 14.2. The van der Waals surface area contributed by atoms with Crippen LogP contribution in [0.25, 0.3) is 33.3 Å². The number of hydrogen-bond donors (Lipinski definition) is 2. The normalized spacial score (nSPS) is 12.3. The number of nitrogens with zero attached hydrogens (tertiary/aromatic N) is 3. The number of hydrogen-bond acceptors (Lipinski definition) is 6. The number of anilines is 1. The first-order valence-corrected chi connectivity index (χ1v) is 9.24. The molecule has 0 aliphatic heterocycles. The van der Waals surface area contributed by atoms with E-state index in [4.69, 9.17) is 4.42 Å². The van der Waals surface area contributed by atoms with Crippen LogP contribution in [-0.2, 0) is 0 Å². The lowest BCUT2D eigenvalue weighted by Gasteiger charge is -2.18. The lowest BCUT2D eigenvalue weighted by Crippen LogP contribution is -2.15. The predicted octanol–water partition coefficient (Wildman–Crippen LogP) is 4.30. The van der Waals surface area contributed by atoms with Gasteiger partial charge in [-0.05, 0) is 24.6 Å². The molecule has 1 unspecified atom stereocenters. The van der Waals surface area contributed by atoms with Crippen molar-refractivity contribution in [3.05, 3.63) is 83.2 Å². The molecule has 0 spiro atoms. The monoisotopic (exact) mass is 383 g/mol. The van der Waals surface area contributed by atoms with Gasteiger partial charge in [-0.2, -0.15) is 0 Å². The summed E-state index contributed by atoms with van der Waals surface area (Å²) in [6.45, 7) is 1.93. The van der Waals surface area contributed by atoms with E-state index in [0.717, 1.165) is 5.56 Å². The van der Waals surface area contributed by atoms with E-state index in [-0.39, 0.29) is 11.5 Å². The fourth-order valence-corrected chi connectivity index (χ4v) is 3.48. The largest absolute Gasteiger partial charge is 0.458 e. The van der Waals surface area contributed by atoms with Crippen LogP contribution in [0.1, 0.15) is 18.7 Å². The number of nitrogens with one attached hydrogen (secondary N) is 2. The molecule has 7 nitrogen and oxygen atoms in total. The van der Waals surface area contributed by atoms with Crippen molar-refractivity contribution in [3.8, 4) is 11.1 Å². The summed E-state index contributed by atoms with van der Waals surface area (Å²) in [6.07, 6.45) is 3.03. The van der Waals surface area contributed by atoms with Crippen molar-refractivity contribution in [2.75, 3.05) is 5.32 Å². The lowest BCUT2D eigenvalue weighted by molar-refractivity contribution is 0.516. The topological polar surface area (TPSA) is 96.7 Å². The van der Waals surface area contributed by atoms with E-state index >= 15 is 0 Å².